The van der Waals surface area contributed by atoms with Crippen molar-refractivity contribution in [2.45, 2.75) is 38.7 Å². The Labute approximate surface area is 199 Å². The van der Waals surface area contributed by atoms with Gasteiger partial charge in [-0.15, -0.1) is 0 Å². The molecule has 1 atom stereocenters. The third-order valence-electron chi connectivity index (χ3n) is 5.18. The Morgan fingerprint density at radius 2 is 1.88 bits per heavy atom. The molecule has 0 radical (unpaired) electrons. The summed E-state index contributed by atoms with van der Waals surface area (Å²) < 4.78 is 38.1. The van der Waals surface area contributed by atoms with Gasteiger partial charge in [-0.1, -0.05) is 11.6 Å². The maximum atomic E-state index is 13.4. The zero-order chi connectivity index (χ0) is 24.3. The van der Waals surface area contributed by atoms with Crippen LogP contribution >= 0.6 is 11.6 Å². The van der Waals surface area contributed by atoms with E-state index in [2.05, 4.69) is 25.3 Å². The first-order valence-corrected chi connectivity index (χ1v) is 11.1. The molecule has 2 aromatic heterocycles. The lowest BCUT2D eigenvalue weighted by Gasteiger charge is -2.31. The number of piperidine rings is 1. The minimum atomic E-state index is -2.64. The smallest absolute Gasteiger partial charge is 0.251 e. The molecule has 4 rings (SSSR count). The van der Waals surface area contributed by atoms with E-state index >= 15 is 0 Å². The van der Waals surface area contributed by atoms with E-state index in [1.54, 1.807) is 23.2 Å². The van der Waals surface area contributed by atoms with Crippen molar-refractivity contribution >= 4 is 34.4 Å². The molecule has 0 bridgehead atoms. The highest BCUT2D eigenvalue weighted by Crippen LogP contribution is 2.35. The number of nitrogens with zero attached hydrogens (tertiary/aromatic N) is 5. The average molecular weight is 493 g/mol. The predicted octanol–water partition coefficient (Wildman–Crippen LogP) is 4.00. The van der Waals surface area contributed by atoms with Gasteiger partial charge in [-0.3, -0.25) is 4.79 Å². The van der Waals surface area contributed by atoms with E-state index in [1.807, 2.05) is 6.92 Å². The van der Waals surface area contributed by atoms with Gasteiger partial charge in [0, 0.05) is 44.4 Å². The number of fused-ring (bicyclic) bond motifs is 1. The number of carbonyl (C=O) groups excluding carboxylic acids is 1. The number of halogens is 3. The number of anilines is 1. The highest BCUT2D eigenvalue weighted by atomic mass is 35.5. The number of ether oxygens (including phenoxy) is 2. The van der Waals surface area contributed by atoms with Crippen molar-refractivity contribution in [2.75, 3.05) is 24.6 Å². The molecule has 1 aliphatic rings. The summed E-state index contributed by atoms with van der Waals surface area (Å²) in [5, 5.41) is 3.56. The van der Waals surface area contributed by atoms with Crippen LogP contribution in [0.2, 0.25) is 5.02 Å². The molecule has 1 saturated heterocycles. The number of rotatable bonds is 7. The SMILES string of the molecule is CC(=O)NC(C)COc1cnc(Oc2ccc3nc(N4CCC(F)(F)CC4)ncc3c2Cl)cn1. The van der Waals surface area contributed by atoms with Gasteiger partial charge < -0.3 is 19.7 Å². The summed E-state index contributed by atoms with van der Waals surface area (Å²) in [6.07, 6.45) is 3.91. The molecule has 1 N–H and O–H groups in total. The van der Waals surface area contributed by atoms with Crippen LogP contribution in [0.25, 0.3) is 10.9 Å². The fourth-order valence-electron chi connectivity index (χ4n) is 3.45. The fraction of sp³-hybridized carbons (Fsp3) is 0.409. The highest BCUT2D eigenvalue weighted by Gasteiger charge is 2.34. The summed E-state index contributed by atoms with van der Waals surface area (Å²) in [6.45, 7) is 3.87. The number of aromatic nitrogens is 4. The molecule has 1 aliphatic heterocycles. The molecule has 9 nitrogen and oxygen atoms in total. The monoisotopic (exact) mass is 492 g/mol. The summed E-state index contributed by atoms with van der Waals surface area (Å²) in [6, 6.07) is 3.19. The molecule has 12 heteroatoms. The summed E-state index contributed by atoms with van der Waals surface area (Å²) in [4.78, 5) is 29.9. The Morgan fingerprint density at radius 1 is 1.18 bits per heavy atom. The van der Waals surface area contributed by atoms with Crippen LogP contribution in [-0.4, -0.2) is 57.5 Å². The molecule has 0 saturated carbocycles. The topological polar surface area (TPSA) is 102 Å². The maximum absolute atomic E-state index is 13.4. The van der Waals surface area contributed by atoms with Gasteiger partial charge in [-0.2, -0.15) is 0 Å². The largest absolute Gasteiger partial charge is 0.474 e. The second kappa shape index (κ2) is 9.88. The Hall–Kier alpha value is -3.34. The number of amides is 1. The van der Waals surface area contributed by atoms with Gasteiger partial charge in [-0.25, -0.2) is 28.7 Å². The zero-order valence-electron chi connectivity index (χ0n) is 18.6. The van der Waals surface area contributed by atoms with E-state index in [9.17, 15) is 13.6 Å². The molecule has 1 amide bonds. The quantitative estimate of drug-likeness (QED) is 0.528. The van der Waals surface area contributed by atoms with Gasteiger partial charge in [0.2, 0.25) is 23.6 Å². The van der Waals surface area contributed by atoms with Gasteiger partial charge in [0.25, 0.3) is 5.92 Å². The van der Waals surface area contributed by atoms with Crippen LogP contribution in [0.1, 0.15) is 26.7 Å². The van der Waals surface area contributed by atoms with Gasteiger partial charge in [0.1, 0.15) is 12.4 Å². The minimum absolute atomic E-state index is 0.143. The van der Waals surface area contributed by atoms with Crippen molar-refractivity contribution in [1.29, 1.82) is 0 Å². The first-order chi connectivity index (χ1) is 16.2. The number of alkyl halides is 2. The molecule has 34 heavy (non-hydrogen) atoms. The number of hydrogen-bond acceptors (Lipinski definition) is 8. The lowest BCUT2D eigenvalue weighted by Crippen LogP contribution is -2.40. The Morgan fingerprint density at radius 3 is 2.56 bits per heavy atom. The summed E-state index contributed by atoms with van der Waals surface area (Å²) >= 11 is 6.50. The van der Waals surface area contributed by atoms with Crippen molar-refractivity contribution in [3.05, 3.63) is 35.7 Å². The van der Waals surface area contributed by atoms with E-state index in [0.717, 1.165) is 0 Å². The zero-order valence-corrected chi connectivity index (χ0v) is 19.4. The first-order valence-electron chi connectivity index (χ1n) is 10.7. The molecule has 180 valence electrons. The van der Waals surface area contributed by atoms with Crippen molar-refractivity contribution in [3.8, 4) is 17.5 Å². The first kappa shape index (κ1) is 23.8. The molecule has 0 aliphatic carbocycles. The number of nitrogens with one attached hydrogen (secondary N) is 1. The lowest BCUT2D eigenvalue weighted by atomic mass is 10.1. The third kappa shape index (κ3) is 5.77. The van der Waals surface area contributed by atoms with E-state index in [4.69, 9.17) is 21.1 Å². The van der Waals surface area contributed by atoms with E-state index in [-0.39, 0.29) is 56.2 Å². The van der Waals surface area contributed by atoms with Crippen LogP contribution in [0, 0.1) is 0 Å². The van der Waals surface area contributed by atoms with Gasteiger partial charge >= 0.3 is 0 Å². The predicted molar refractivity (Wildman–Crippen MR) is 122 cm³/mol. The molecular formula is C22H23ClF2N6O3. The number of carbonyl (C=O) groups is 1. The summed E-state index contributed by atoms with van der Waals surface area (Å²) in [5.41, 5.74) is 0.572. The molecule has 3 aromatic rings. The molecule has 1 aromatic carbocycles. The summed E-state index contributed by atoms with van der Waals surface area (Å²) in [5.74, 6) is -1.56. The van der Waals surface area contributed by atoms with Crippen LogP contribution in [0.15, 0.2) is 30.7 Å². The van der Waals surface area contributed by atoms with E-state index < -0.39 is 5.92 Å². The Bertz CT molecular complexity index is 1170. The molecule has 0 spiro atoms. The van der Waals surface area contributed by atoms with Crippen LogP contribution in [0.3, 0.4) is 0 Å². The number of hydrogen-bond donors (Lipinski definition) is 1. The summed E-state index contributed by atoms with van der Waals surface area (Å²) in [7, 11) is 0. The fourth-order valence-corrected chi connectivity index (χ4v) is 3.70. The maximum Gasteiger partial charge on any atom is 0.251 e. The van der Waals surface area contributed by atoms with Crippen molar-refractivity contribution < 1.29 is 23.0 Å². The van der Waals surface area contributed by atoms with Gasteiger partial charge in [0.05, 0.1) is 29.0 Å². The second-order valence-electron chi connectivity index (χ2n) is 8.03. The van der Waals surface area contributed by atoms with E-state index in [1.165, 1.54) is 19.3 Å². The number of benzene rings is 1. The van der Waals surface area contributed by atoms with E-state index in [0.29, 0.717) is 27.6 Å². The standard InChI is InChI=1S/C22H23ClF2N6O3/c1-13(29-14(2)32)12-33-18-10-27-19(11-26-18)34-17-4-3-16-15(20(17)23)9-28-21(30-16)31-7-5-22(24,25)6-8-31/h3-4,9-11,13H,5-8,12H2,1-2H3,(H,29,32). The Kier molecular flexibility index (Phi) is 6.92. The minimum Gasteiger partial charge on any atom is -0.474 e. The normalized spacial score (nSPS) is 16.2. The van der Waals surface area contributed by atoms with Crippen LogP contribution in [-0.2, 0) is 4.79 Å². The average Bonchev–Trinajstić information content (AvgIpc) is 2.80. The molecular weight excluding hydrogens is 470 g/mol. The molecule has 1 unspecified atom stereocenters. The van der Waals surface area contributed by atoms with Crippen molar-refractivity contribution in [1.82, 2.24) is 25.3 Å². The third-order valence-corrected chi connectivity index (χ3v) is 5.57. The van der Waals surface area contributed by atoms with Crippen molar-refractivity contribution in [3.63, 3.8) is 0 Å². The molecule has 1 fully saturated rings. The highest BCUT2D eigenvalue weighted by molar-refractivity contribution is 6.36. The van der Waals surface area contributed by atoms with Crippen molar-refractivity contribution in [2.24, 2.45) is 0 Å². The Balaban J connectivity index is 1.42. The van der Waals surface area contributed by atoms with Crippen LogP contribution in [0.5, 0.6) is 17.5 Å². The van der Waals surface area contributed by atoms with Gasteiger partial charge in [-0.05, 0) is 19.1 Å². The molecule has 3 heterocycles. The van der Waals surface area contributed by atoms with Gasteiger partial charge in [0.15, 0.2) is 0 Å². The second-order valence-corrected chi connectivity index (χ2v) is 8.41. The lowest BCUT2D eigenvalue weighted by molar-refractivity contribution is -0.119. The van der Waals surface area contributed by atoms with Crippen LogP contribution in [0.4, 0.5) is 14.7 Å². The van der Waals surface area contributed by atoms with Crippen LogP contribution < -0.4 is 19.7 Å².